The summed E-state index contributed by atoms with van der Waals surface area (Å²) in [6.07, 6.45) is 2.45. The zero-order valence-corrected chi connectivity index (χ0v) is 14.7. The second-order valence-electron chi connectivity index (χ2n) is 4.22. The number of benzene rings is 1. The van der Waals surface area contributed by atoms with Gasteiger partial charge in [0.1, 0.15) is 0 Å². The number of hydrogen-bond acceptors (Lipinski definition) is 3. The van der Waals surface area contributed by atoms with Crippen molar-refractivity contribution in [2.45, 2.75) is 6.42 Å². The zero-order chi connectivity index (χ0) is 15.5. The summed E-state index contributed by atoms with van der Waals surface area (Å²) in [7, 11) is 1.72. The van der Waals surface area contributed by atoms with Crippen molar-refractivity contribution in [2.75, 3.05) is 37.5 Å². The zero-order valence-electron chi connectivity index (χ0n) is 12.3. The van der Waals surface area contributed by atoms with Gasteiger partial charge in [-0.2, -0.15) is 11.8 Å². The number of carbonyl (C=O) groups excluding carboxylic acids is 1. The maximum atomic E-state index is 11.8. The van der Waals surface area contributed by atoms with Crippen molar-refractivity contribution in [1.29, 1.82) is 0 Å². The SMILES string of the molecule is CN=C(NCCSC)NCCC(=O)Nc1ccc(Br)cc1. The van der Waals surface area contributed by atoms with Gasteiger partial charge in [0.25, 0.3) is 0 Å². The van der Waals surface area contributed by atoms with Crippen LogP contribution in [-0.4, -0.2) is 44.0 Å². The van der Waals surface area contributed by atoms with E-state index < -0.39 is 0 Å². The van der Waals surface area contributed by atoms with Gasteiger partial charge < -0.3 is 16.0 Å². The van der Waals surface area contributed by atoms with Crippen molar-refractivity contribution in [3.63, 3.8) is 0 Å². The Labute approximate surface area is 138 Å². The van der Waals surface area contributed by atoms with E-state index in [0.29, 0.717) is 13.0 Å². The molecule has 116 valence electrons. The van der Waals surface area contributed by atoms with Gasteiger partial charge in [0.05, 0.1) is 0 Å². The van der Waals surface area contributed by atoms with E-state index in [2.05, 4.69) is 43.1 Å². The van der Waals surface area contributed by atoms with E-state index in [1.54, 1.807) is 18.8 Å². The number of rotatable bonds is 7. The average molecular weight is 373 g/mol. The van der Waals surface area contributed by atoms with Gasteiger partial charge >= 0.3 is 0 Å². The average Bonchev–Trinajstić information content (AvgIpc) is 2.48. The summed E-state index contributed by atoms with van der Waals surface area (Å²) in [6, 6.07) is 7.51. The second-order valence-corrected chi connectivity index (χ2v) is 6.12. The Morgan fingerprint density at radius 2 is 1.90 bits per heavy atom. The molecule has 1 rings (SSSR count). The third-order valence-electron chi connectivity index (χ3n) is 2.59. The Hall–Kier alpha value is -1.21. The van der Waals surface area contributed by atoms with Gasteiger partial charge in [-0.3, -0.25) is 9.79 Å². The van der Waals surface area contributed by atoms with Crippen LogP contribution in [0.25, 0.3) is 0 Å². The number of carbonyl (C=O) groups is 1. The quantitative estimate of drug-likeness (QED) is 0.390. The molecule has 0 bridgehead atoms. The van der Waals surface area contributed by atoms with E-state index in [4.69, 9.17) is 0 Å². The predicted octanol–water partition coefficient (Wildman–Crippen LogP) is 2.31. The number of halogens is 1. The first-order chi connectivity index (χ1) is 10.2. The highest BCUT2D eigenvalue weighted by Gasteiger charge is 2.03. The summed E-state index contributed by atoms with van der Waals surface area (Å²) in [6.45, 7) is 1.40. The van der Waals surface area contributed by atoms with Gasteiger partial charge in [0.15, 0.2) is 5.96 Å². The fourth-order valence-corrected chi connectivity index (χ4v) is 2.11. The highest BCUT2D eigenvalue weighted by atomic mass is 79.9. The number of aliphatic imine (C=N–C) groups is 1. The van der Waals surface area contributed by atoms with E-state index in [-0.39, 0.29) is 5.91 Å². The largest absolute Gasteiger partial charge is 0.356 e. The fraction of sp³-hybridized carbons (Fsp3) is 0.429. The van der Waals surface area contributed by atoms with Crippen LogP contribution in [0, 0.1) is 0 Å². The van der Waals surface area contributed by atoms with Crippen LogP contribution in [0.2, 0.25) is 0 Å². The molecule has 1 aromatic rings. The molecule has 0 fully saturated rings. The maximum Gasteiger partial charge on any atom is 0.226 e. The van der Waals surface area contributed by atoms with E-state index in [1.807, 2.05) is 24.3 Å². The summed E-state index contributed by atoms with van der Waals surface area (Å²) in [5, 5.41) is 9.15. The summed E-state index contributed by atoms with van der Waals surface area (Å²) in [5.41, 5.74) is 0.797. The van der Waals surface area contributed by atoms with Crippen molar-refractivity contribution < 1.29 is 4.79 Å². The lowest BCUT2D eigenvalue weighted by Gasteiger charge is -2.11. The molecule has 0 saturated carbocycles. The number of thioether (sulfide) groups is 1. The predicted molar refractivity (Wildman–Crippen MR) is 95.1 cm³/mol. The Bertz CT molecular complexity index is 465. The van der Waals surface area contributed by atoms with Gasteiger partial charge in [-0.05, 0) is 30.5 Å². The smallest absolute Gasteiger partial charge is 0.226 e. The Morgan fingerprint density at radius 3 is 2.52 bits per heavy atom. The van der Waals surface area contributed by atoms with Gasteiger partial charge in [-0.1, -0.05) is 15.9 Å². The molecule has 0 spiro atoms. The Kier molecular flexibility index (Phi) is 8.93. The maximum absolute atomic E-state index is 11.8. The Balaban J connectivity index is 2.24. The van der Waals surface area contributed by atoms with Gasteiger partial charge in [-0.15, -0.1) is 0 Å². The van der Waals surface area contributed by atoms with Gasteiger partial charge in [0.2, 0.25) is 5.91 Å². The molecule has 0 aliphatic rings. The fourth-order valence-electron chi connectivity index (χ4n) is 1.54. The second kappa shape index (κ2) is 10.5. The molecule has 0 saturated heterocycles. The third-order valence-corrected chi connectivity index (χ3v) is 3.74. The van der Waals surface area contributed by atoms with Gasteiger partial charge in [0, 0.05) is 42.5 Å². The number of amides is 1. The van der Waals surface area contributed by atoms with E-state index in [1.165, 1.54) is 0 Å². The molecule has 0 unspecified atom stereocenters. The summed E-state index contributed by atoms with van der Waals surface area (Å²) in [4.78, 5) is 15.9. The monoisotopic (exact) mass is 372 g/mol. The highest BCUT2D eigenvalue weighted by Crippen LogP contribution is 2.14. The van der Waals surface area contributed by atoms with Crippen molar-refractivity contribution in [3.8, 4) is 0 Å². The molecule has 0 heterocycles. The van der Waals surface area contributed by atoms with Crippen LogP contribution < -0.4 is 16.0 Å². The van der Waals surface area contributed by atoms with Crippen LogP contribution in [0.1, 0.15) is 6.42 Å². The minimum Gasteiger partial charge on any atom is -0.356 e. The first-order valence-electron chi connectivity index (χ1n) is 6.64. The summed E-state index contributed by atoms with van der Waals surface area (Å²) in [5.74, 6) is 1.72. The number of nitrogens with one attached hydrogen (secondary N) is 3. The summed E-state index contributed by atoms with van der Waals surface area (Å²) < 4.78 is 0.988. The van der Waals surface area contributed by atoms with Crippen LogP contribution in [0.15, 0.2) is 33.7 Å². The number of hydrogen-bond donors (Lipinski definition) is 3. The van der Waals surface area contributed by atoms with Crippen LogP contribution >= 0.6 is 27.7 Å². The van der Waals surface area contributed by atoms with Crippen molar-refractivity contribution in [1.82, 2.24) is 10.6 Å². The Morgan fingerprint density at radius 1 is 1.24 bits per heavy atom. The molecular weight excluding hydrogens is 352 g/mol. The summed E-state index contributed by atoms with van der Waals surface area (Å²) >= 11 is 5.13. The molecule has 21 heavy (non-hydrogen) atoms. The minimum absolute atomic E-state index is 0.0237. The number of guanidine groups is 1. The van der Waals surface area contributed by atoms with Crippen LogP contribution in [0.3, 0.4) is 0 Å². The van der Waals surface area contributed by atoms with E-state index in [0.717, 1.165) is 28.4 Å². The standard InChI is InChI=1S/C14H21BrN4OS/c1-16-14(18-9-10-21-2)17-8-7-13(20)19-12-5-3-11(15)4-6-12/h3-6H,7-10H2,1-2H3,(H,19,20)(H2,16,17,18). The van der Waals surface area contributed by atoms with Crippen LogP contribution in [-0.2, 0) is 4.79 Å². The van der Waals surface area contributed by atoms with Crippen molar-refractivity contribution in [2.24, 2.45) is 4.99 Å². The highest BCUT2D eigenvalue weighted by molar-refractivity contribution is 9.10. The number of nitrogens with zero attached hydrogens (tertiary/aromatic N) is 1. The number of anilines is 1. The van der Waals surface area contributed by atoms with E-state index in [9.17, 15) is 4.79 Å². The van der Waals surface area contributed by atoms with Crippen LogP contribution in [0.5, 0.6) is 0 Å². The molecular formula is C14H21BrN4OS. The molecule has 1 amide bonds. The lowest BCUT2D eigenvalue weighted by Crippen LogP contribution is -2.39. The first-order valence-corrected chi connectivity index (χ1v) is 8.83. The lowest BCUT2D eigenvalue weighted by molar-refractivity contribution is -0.116. The topological polar surface area (TPSA) is 65.5 Å². The molecule has 0 aliphatic carbocycles. The molecule has 7 heteroatoms. The van der Waals surface area contributed by atoms with Crippen molar-refractivity contribution in [3.05, 3.63) is 28.7 Å². The molecule has 0 aliphatic heterocycles. The van der Waals surface area contributed by atoms with Crippen molar-refractivity contribution >= 4 is 45.2 Å². The normalized spacial score (nSPS) is 11.1. The first kappa shape index (κ1) is 17.8. The van der Waals surface area contributed by atoms with Crippen LogP contribution in [0.4, 0.5) is 5.69 Å². The molecule has 1 aromatic carbocycles. The molecule has 5 nitrogen and oxygen atoms in total. The molecule has 0 aromatic heterocycles. The minimum atomic E-state index is -0.0237. The molecule has 0 radical (unpaired) electrons. The van der Waals surface area contributed by atoms with E-state index >= 15 is 0 Å². The molecule has 0 atom stereocenters. The molecule has 3 N–H and O–H groups in total. The lowest BCUT2D eigenvalue weighted by atomic mass is 10.3. The van der Waals surface area contributed by atoms with Gasteiger partial charge in [-0.25, -0.2) is 0 Å². The third kappa shape index (κ3) is 7.96.